The molecule has 0 radical (unpaired) electrons. The average molecular weight is 458 g/mol. The molecule has 2 fully saturated rings. The van der Waals surface area contributed by atoms with Gasteiger partial charge in [-0.3, -0.25) is 23.3 Å². The molecule has 2 amide bonds. The number of phosphoric acid groups is 1. The van der Waals surface area contributed by atoms with Crippen LogP contribution in [0.15, 0.2) is 12.3 Å². The van der Waals surface area contributed by atoms with E-state index in [0.717, 1.165) is 0 Å². The SMILES string of the molecule is C#C[C@]1(C)[C@@H]2O[P@@](=O)(OCCCCC(=O)OCC)OC[C@H]2O[C@H]1N1C=CC(O)NC1=O. The van der Waals surface area contributed by atoms with E-state index in [-0.39, 0.29) is 25.6 Å². The Bertz CT molecular complexity index is 813. The van der Waals surface area contributed by atoms with Crippen LogP contribution in [0.4, 0.5) is 4.79 Å². The number of carbonyl (C=O) groups excluding carboxylic acids is 2. The van der Waals surface area contributed by atoms with Crippen molar-refractivity contribution in [1.29, 1.82) is 0 Å². The summed E-state index contributed by atoms with van der Waals surface area (Å²) in [5, 5.41) is 11.9. The maximum absolute atomic E-state index is 12.9. The largest absolute Gasteiger partial charge is 0.475 e. The number of urea groups is 1. The summed E-state index contributed by atoms with van der Waals surface area (Å²) in [5.41, 5.74) is -1.17. The highest BCUT2D eigenvalue weighted by Gasteiger charge is 2.61. The minimum atomic E-state index is -3.91. The monoisotopic (exact) mass is 458 g/mol. The summed E-state index contributed by atoms with van der Waals surface area (Å²) < 4.78 is 40.1. The number of aliphatic hydroxyl groups excluding tert-OH is 1. The minimum absolute atomic E-state index is 0.0558. The van der Waals surface area contributed by atoms with Crippen LogP contribution >= 0.6 is 7.82 Å². The van der Waals surface area contributed by atoms with Gasteiger partial charge in [0.25, 0.3) is 0 Å². The molecule has 0 aliphatic carbocycles. The minimum Gasteiger partial charge on any atom is -0.466 e. The highest BCUT2D eigenvalue weighted by Crippen LogP contribution is 2.59. The fourth-order valence-electron chi connectivity index (χ4n) is 3.58. The number of nitrogens with one attached hydrogen (secondary N) is 1. The summed E-state index contributed by atoms with van der Waals surface area (Å²) in [5.74, 6) is 2.30. The van der Waals surface area contributed by atoms with E-state index in [0.29, 0.717) is 19.4 Å². The molecular formula is C19H27N2O9P. The van der Waals surface area contributed by atoms with Crippen molar-refractivity contribution in [3.8, 4) is 12.3 Å². The normalized spacial score (nSPS) is 37.1. The molecule has 31 heavy (non-hydrogen) atoms. The number of carbonyl (C=O) groups is 2. The summed E-state index contributed by atoms with van der Waals surface area (Å²) in [7, 11) is -3.91. The van der Waals surface area contributed by atoms with E-state index in [1.807, 2.05) is 0 Å². The summed E-state index contributed by atoms with van der Waals surface area (Å²) in [6.45, 7) is 3.67. The number of unbranched alkanes of at least 4 members (excludes halogenated alkanes) is 1. The summed E-state index contributed by atoms with van der Waals surface area (Å²) in [4.78, 5) is 24.9. The number of ether oxygens (including phenoxy) is 2. The van der Waals surface area contributed by atoms with E-state index in [1.54, 1.807) is 13.8 Å². The number of rotatable bonds is 8. The fraction of sp³-hybridized carbons (Fsp3) is 0.684. The smallest absolute Gasteiger partial charge is 0.466 e. The van der Waals surface area contributed by atoms with E-state index in [9.17, 15) is 19.3 Å². The number of fused-ring (bicyclic) bond motifs is 1. The van der Waals surface area contributed by atoms with Crippen molar-refractivity contribution in [2.24, 2.45) is 5.41 Å². The lowest BCUT2D eigenvalue weighted by atomic mass is 9.83. The first-order chi connectivity index (χ1) is 14.7. The van der Waals surface area contributed by atoms with Crippen LogP contribution < -0.4 is 5.32 Å². The molecule has 2 saturated heterocycles. The van der Waals surface area contributed by atoms with Gasteiger partial charge >= 0.3 is 19.8 Å². The Morgan fingerprint density at radius 2 is 2.29 bits per heavy atom. The highest BCUT2D eigenvalue weighted by molar-refractivity contribution is 7.48. The topological polar surface area (TPSA) is 133 Å². The molecule has 2 N–H and O–H groups in total. The van der Waals surface area contributed by atoms with E-state index >= 15 is 0 Å². The Balaban J connectivity index is 1.61. The van der Waals surface area contributed by atoms with Crippen molar-refractivity contribution < 1.29 is 42.3 Å². The van der Waals surface area contributed by atoms with Gasteiger partial charge in [-0.25, -0.2) is 9.36 Å². The molecule has 1 unspecified atom stereocenters. The zero-order chi connectivity index (χ0) is 22.6. The van der Waals surface area contributed by atoms with E-state index in [2.05, 4.69) is 11.2 Å². The second kappa shape index (κ2) is 9.69. The van der Waals surface area contributed by atoms with Gasteiger partial charge in [0, 0.05) is 12.6 Å². The van der Waals surface area contributed by atoms with Gasteiger partial charge in [-0.05, 0) is 32.8 Å². The first-order valence-electron chi connectivity index (χ1n) is 10.0. The Labute approximate surface area is 180 Å². The predicted molar refractivity (Wildman–Crippen MR) is 106 cm³/mol. The van der Waals surface area contributed by atoms with E-state index in [4.69, 9.17) is 29.5 Å². The molecule has 3 aliphatic rings. The van der Waals surface area contributed by atoms with Gasteiger partial charge in [0.15, 0.2) is 6.23 Å². The molecule has 0 aromatic rings. The molecule has 0 bridgehead atoms. The molecule has 0 saturated carbocycles. The van der Waals surface area contributed by atoms with Crippen LogP contribution in [0, 0.1) is 17.8 Å². The summed E-state index contributed by atoms with van der Waals surface area (Å²) >= 11 is 0. The quantitative estimate of drug-likeness (QED) is 0.240. The lowest BCUT2D eigenvalue weighted by Crippen LogP contribution is -2.54. The van der Waals surface area contributed by atoms with Crippen LogP contribution in [0.1, 0.15) is 33.1 Å². The van der Waals surface area contributed by atoms with Gasteiger partial charge in [0.2, 0.25) is 0 Å². The maximum Gasteiger partial charge on any atom is 0.475 e. The fourth-order valence-corrected chi connectivity index (χ4v) is 5.09. The molecule has 3 heterocycles. The molecule has 6 atom stereocenters. The Morgan fingerprint density at radius 3 is 2.97 bits per heavy atom. The summed E-state index contributed by atoms with van der Waals surface area (Å²) in [6, 6.07) is -0.595. The predicted octanol–water partition coefficient (Wildman–Crippen LogP) is 1.48. The van der Waals surface area contributed by atoms with Crippen LogP contribution in [-0.2, 0) is 32.4 Å². The average Bonchev–Trinajstić information content (AvgIpc) is 3.00. The van der Waals surface area contributed by atoms with E-state index in [1.165, 1.54) is 17.2 Å². The number of terminal acetylenes is 1. The van der Waals surface area contributed by atoms with Gasteiger partial charge < -0.3 is 19.9 Å². The highest BCUT2D eigenvalue weighted by atomic mass is 31.2. The number of hydrogen-bond acceptors (Lipinski definition) is 9. The van der Waals surface area contributed by atoms with Gasteiger partial charge in [0.1, 0.15) is 23.9 Å². The van der Waals surface area contributed by atoms with Crippen LogP contribution in [0.25, 0.3) is 0 Å². The molecule has 0 aromatic heterocycles. The molecule has 0 aromatic carbocycles. The van der Waals surface area contributed by atoms with Crippen LogP contribution in [0.2, 0.25) is 0 Å². The standard InChI is InChI=1S/C19H27N2O9P/c1-4-19(3)16-13(29-17(19)21-10-9-14(22)20-18(21)24)12-28-31(25,30-16)27-11-7-6-8-15(23)26-5-2/h1,9-10,13-14,16-17,22H,5-8,11-12H2,2-3H3,(H,20,24)/t13-,14?,16-,17-,19-,31+/m1/s1. The van der Waals surface area contributed by atoms with Crippen LogP contribution in [0.5, 0.6) is 0 Å². The number of hydrogen-bond donors (Lipinski definition) is 2. The molecular weight excluding hydrogens is 431 g/mol. The number of nitrogens with zero attached hydrogens (tertiary/aromatic N) is 1. The first-order valence-corrected chi connectivity index (χ1v) is 11.5. The van der Waals surface area contributed by atoms with Crippen molar-refractivity contribution in [2.75, 3.05) is 19.8 Å². The first kappa shape index (κ1) is 23.7. The van der Waals surface area contributed by atoms with Crippen LogP contribution in [-0.4, -0.2) is 66.5 Å². The van der Waals surface area contributed by atoms with E-state index < -0.39 is 43.9 Å². The zero-order valence-electron chi connectivity index (χ0n) is 17.4. The third-order valence-corrected chi connectivity index (χ3v) is 6.66. The summed E-state index contributed by atoms with van der Waals surface area (Å²) in [6.07, 6.45) is 6.13. The molecule has 3 aliphatic heterocycles. The third kappa shape index (κ3) is 5.12. The second-order valence-electron chi connectivity index (χ2n) is 7.46. The Kier molecular flexibility index (Phi) is 7.42. The van der Waals surface area contributed by atoms with Gasteiger partial charge in [-0.1, -0.05) is 5.92 Å². The molecule has 11 nitrogen and oxygen atoms in total. The zero-order valence-corrected chi connectivity index (χ0v) is 18.3. The third-order valence-electron chi connectivity index (χ3n) is 5.21. The molecule has 0 spiro atoms. The lowest BCUT2D eigenvalue weighted by molar-refractivity contribution is -0.143. The van der Waals surface area contributed by atoms with Gasteiger partial charge in [-0.15, -0.1) is 6.42 Å². The molecule has 12 heteroatoms. The van der Waals surface area contributed by atoms with Crippen molar-refractivity contribution in [3.05, 3.63) is 12.3 Å². The van der Waals surface area contributed by atoms with Crippen molar-refractivity contribution >= 4 is 19.8 Å². The van der Waals surface area contributed by atoms with Crippen molar-refractivity contribution in [1.82, 2.24) is 10.2 Å². The van der Waals surface area contributed by atoms with Gasteiger partial charge in [-0.2, -0.15) is 0 Å². The number of aliphatic hydroxyl groups is 1. The maximum atomic E-state index is 12.9. The number of amides is 2. The Morgan fingerprint density at radius 1 is 1.52 bits per heavy atom. The number of esters is 1. The Hall–Kier alpha value is -1.93. The lowest BCUT2D eigenvalue weighted by Gasteiger charge is -2.38. The molecule has 3 rings (SSSR count). The molecule has 172 valence electrons. The van der Waals surface area contributed by atoms with Crippen molar-refractivity contribution in [3.63, 3.8) is 0 Å². The second-order valence-corrected chi connectivity index (χ2v) is 9.08. The number of phosphoric ester groups is 1. The van der Waals surface area contributed by atoms with Crippen molar-refractivity contribution in [2.45, 2.75) is 57.8 Å². The van der Waals surface area contributed by atoms with Crippen LogP contribution in [0.3, 0.4) is 0 Å². The van der Waals surface area contributed by atoms with Gasteiger partial charge in [0.05, 0.1) is 19.8 Å².